The van der Waals surface area contributed by atoms with Crippen molar-refractivity contribution in [3.63, 3.8) is 0 Å². The van der Waals surface area contributed by atoms with Gasteiger partial charge < -0.3 is 9.84 Å². The quantitative estimate of drug-likeness (QED) is 0.326. The molecule has 1 aliphatic heterocycles. The first kappa shape index (κ1) is 18.9. The molecule has 0 bridgehead atoms. The summed E-state index contributed by atoms with van der Waals surface area (Å²) in [5.41, 5.74) is -0.315. The molecule has 0 spiro atoms. The molecule has 0 aromatic heterocycles. The molecule has 1 aromatic carbocycles. The highest BCUT2D eigenvalue weighted by atomic mass is 79.9. The molecule has 0 aliphatic carbocycles. The van der Waals surface area contributed by atoms with Crippen LogP contribution < -0.4 is 0 Å². The van der Waals surface area contributed by atoms with Crippen LogP contribution in [0.3, 0.4) is 0 Å². The zero-order valence-electron chi connectivity index (χ0n) is 12.7. The van der Waals surface area contributed by atoms with Gasteiger partial charge in [-0.1, -0.05) is 0 Å². The monoisotopic (exact) mass is 430 g/mol. The van der Waals surface area contributed by atoms with Gasteiger partial charge in [-0.25, -0.2) is 0 Å². The lowest BCUT2D eigenvalue weighted by molar-refractivity contribution is -0.385. The third-order valence-corrected chi connectivity index (χ3v) is 4.55. The fourth-order valence-corrected chi connectivity index (χ4v) is 3.23. The minimum Gasteiger partial charge on any atom is -0.506 e. The molecule has 1 aromatic rings. The van der Waals surface area contributed by atoms with Gasteiger partial charge in [0, 0.05) is 17.7 Å². The fourth-order valence-electron chi connectivity index (χ4n) is 1.93. The molecular formula is C14H11BrN2O7S. The lowest BCUT2D eigenvalue weighted by Gasteiger charge is -2.10. The van der Waals surface area contributed by atoms with Gasteiger partial charge in [0.25, 0.3) is 16.8 Å². The number of carbonyl (C=O) groups excluding carboxylic acids is 3. The molecule has 0 radical (unpaired) electrons. The van der Waals surface area contributed by atoms with Gasteiger partial charge in [-0.3, -0.25) is 29.4 Å². The fraction of sp³-hybridized carbons (Fsp3) is 0.214. The lowest BCUT2D eigenvalue weighted by atomic mass is 10.1. The summed E-state index contributed by atoms with van der Waals surface area (Å²) in [6, 6.07) is 2.18. The second-order valence-corrected chi connectivity index (χ2v) is 6.54. The maximum atomic E-state index is 12.3. The van der Waals surface area contributed by atoms with E-state index < -0.39 is 28.6 Å². The van der Waals surface area contributed by atoms with Gasteiger partial charge in [0.1, 0.15) is 12.3 Å². The third-order valence-electron chi connectivity index (χ3n) is 3.04. The predicted molar refractivity (Wildman–Crippen MR) is 91.8 cm³/mol. The van der Waals surface area contributed by atoms with Crippen molar-refractivity contribution in [2.75, 3.05) is 13.2 Å². The van der Waals surface area contributed by atoms with Gasteiger partial charge in [-0.15, -0.1) is 0 Å². The molecule has 11 heteroatoms. The number of rotatable bonds is 5. The summed E-state index contributed by atoms with van der Waals surface area (Å²) in [4.78, 5) is 46.5. The van der Waals surface area contributed by atoms with E-state index in [-0.39, 0.29) is 33.0 Å². The van der Waals surface area contributed by atoms with Gasteiger partial charge in [0.05, 0.1) is 20.9 Å². The molecule has 132 valence electrons. The van der Waals surface area contributed by atoms with E-state index in [1.165, 1.54) is 0 Å². The number of halogens is 1. The number of phenolic OH excluding ortho intramolecular Hbond substituents is 1. The maximum absolute atomic E-state index is 12.3. The zero-order chi connectivity index (χ0) is 18.7. The number of hydrogen-bond donors (Lipinski definition) is 1. The molecule has 1 fully saturated rings. The summed E-state index contributed by atoms with van der Waals surface area (Å²) in [5, 5.41) is 20.2. The van der Waals surface area contributed by atoms with E-state index in [9.17, 15) is 29.6 Å². The summed E-state index contributed by atoms with van der Waals surface area (Å²) in [6.07, 6.45) is 1.16. The number of nitrogens with zero attached hydrogens (tertiary/aromatic N) is 2. The minimum absolute atomic E-state index is 0.0114. The Morgan fingerprint density at radius 3 is 2.76 bits per heavy atom. The highest BCUT2D eigenvalue weighted by molar-refractivity contribution is 9.10. The summed E-state index contributed by atoms with van der Waals surface area (Å²) in [5.74, 6) is -1.79. The third kappa shape index (κ3) is 4.17. The molecular weight excluding hydrogens is 420 g/mol. The van der Waals surface area contributed by atoms with Crippen LogP contribution in [0.25, 0.3) is 6.08 Å². The van der Waals surface area contributed by atoms with E-state index in [2.05, 4.69) is 15.9 Å². The van der Waals surface area contributed by atoms with Crippen molar-refractivity contribution in [1.82, 2.24) is 4.90 Å². The Morgan fingerprint density at radius 2 is 2.16 bits per heavy atom. The van der Waals surface area contributed by atoms with Crippen LogP contribution in [0.15, 0.2) is 21.5 Å². The van der Waals surface area contributed by atoms with E-state index in [1.807, 2.05) is 0 Å². The van der Waals surface area contributed by atoms with E-state index >= 15 is 0 Å². The van der Waals surface area contributed by atoms with E-state index in [1.54, 1.807) is 6.92 Å². The molecule has 0 atom stereocenters. The SMILES string of the molecule is CCOC(=O)CN1C(=O)S/C(=C\c2cc([N+](=O)[O-])cc(Br)c2O)C1=O. The summed E-state index contributed by atoms with van der Waals surface area (Å²) >= 11 is 3.55. The molecule has 1 heterocycles. The number of nitro benzene ring substituents is 1. The number of amides is 2. The molecule has 0 saturated carbocycles. The topological polar surface area (TPSA) is 127 Å². The molecule has 2 rings (SSSR count). The van der Waals surface area contributed by atoms with E-state index in [0.29, 0.717) is 16.7 Å². The van der Waals surface area contributed by atoms with Crippen molar-refractivity contribution >= 4 is 56.6 Å². The van der Waals surface area contributed by atoms with Crippen LogP contribution in [0.2, 0.25) is 0 Å². The van der Waals surface area contributed by atoms with E-state index in [0.717, 1.165) is 18.2 Å². The molecule has 1 N–H and O–H groups in total. The van der Waals surface area contributed by atoms with Crippen LogP contribution in [0.4, 0.5) is 10.5 Å². The van der Waals surface area contributed by atoms with Crippen LogP contribution in [-0.4, -0.2) is 45.2 Å². The molecule has 9 nitrogen and oxygen atoms in total. The van der Waals surface area contributed by atoms with Crippen molar-refractivity contribution in [2.45, 2.75) is 6.92 Å². The molecule has 25 heavy (non-hydrogen) atoms. The summed E-state index contributed by atoms with van der Waals surface area (Å²) in [6.45, 7) is 1.18. The lowest BCUT2D eigenvalue weighted by Crippen LogP contribution is -2.34. The standard InChI is InChI=1S/C14H11BrN2O7S/c1-2-24-11(18)6-16-13(20)10(25-14(16)21)4-7-3-8(17(22)23)5-9(15)12(7)19/h3-5,19H,2,6H2,1H3/b10-4-. The van der Waals surface area contributed by atoms with Crippen molar-refractivity contribution < 1.29 is 29.2 Å². The van der Waals surface area contributed by atoms with E-state index in [4.69, 9.17) is 4.74 Å². The predicted octanol–water partition coefficient (Wildman–Crippen LogP) is 2.66. The number of nitro groups is 1. The Bertz CT molecular complexity index is 809. The van der Waals surface area contributed by atoms with Gasteiger partial charge in [0.15, 0.2) is 0 Å². The first-order valence-electron chi connectivity index (χ1n) is 6.82. The number of carbonyl (C=O) groups is 3. The molecule has 1 aliphatic rings. The Morgan fingerprint density at radius 1 is 1.48 bits per heavy atom. The Balaban J connectivity index is 2.33. The smallest absolute Gasteiger partial charge is 0.326 e. The van der Waals surface area contributed by atoms with Gasteiger partial charge in [-0.05, 0) is 40.7 Å². The first-order valence-corrected chi connectivity index (χ1v) is 8.43. The molecule has 0 unspecified atom stereocenters. The minimum atomic E-state index is -0.745. The van der Waals surface area contributed by atoms with Gasteiger partial charge in [0.2, 0.25) is 0 Å². The van der Waals surface area contributed by atoms with Crippen molar-refractivity contribution in [3.05, 3.63) is 37.2 Å². The van der Waals surface area contributed by atoms with Crippen LogP contribution in [0.5, 0.6) is 5.75 Å². The van der Waals surface area contributed by atoms with Gasteiger partial charge >= 0.3 is 5.97 Å². The number of thioether (sulfide) groups is 1. The second kappa shape index (κ2) is 7.66. The second-order valence-electron chi connectivity index (χ2n) is 4.70. The number of phenols is 1. The zero-order valence-corrected chi connectivity index (χ0v) is 15.1. The summed E-state index contributed by atoms with van der Waals surface area (Å²) < 4.78 is 4.76. The average molecular weight is 431 g/mol. The first-order chi connectivity index (χ1) is 11.7. The normalized spacial score (nSPS) is 15.8. The molecule has 2 amide bonds. The number of ether oxygens (including phenoxy) is 1. The highest BCUT2D eigenvalue weighted by Gasteiger charge is 2.37. The number of benzene rings is 1. The van der Waals surface area contributed by atoms with Gasteiger partial charge in [-0.2, -0.15) is 0 Å². The number of non-ortho nitro benzene ring substituents is 1. The summed E-state index contributed by atoms with van der Waals surface area (Å²) in [7, 11) is 0. The largest absolute Gasteiger partial charge is 0.506 e. The number of imide groups is 1. The highest BCUT2D eigenvalue weighted by Crippen LogP contribution is 2.37. The number of hydrogen-bond acceptors (Lipinski definition) is 8. The maximum Gasteiger partial charge on any atom is 0.326 e. The van der Waals surface area contributed by atoms with Crippen LogP contribution in [0, 0.1) is 10.1 Å². The van der Waals surface area contributed by atoms with Crippen LogP contribution in [0.1, 0.15) is 12.5 Å². The van der Waals surface area contributed by atoms with Crippen molar-refractivity contribution in [2.24, 2.45) is 0 Å². The Labute approximate surface area is 153 Å². The Kier molecular flexibility index (Phi) is 5.80. The van der Waals surface area contributed by atoms with Crippen molar-refractivity contribution in [1.29, 1.82) is 0 Å². The number of aromatic hydroxyl groups is 1. The van der Waals surface area contributed by atoms with Crippen LogP contribution in [-0.2, 0) is 14.3 Å². The Hall–Kier alpha value is -2.40. The molecule has 1 saturated heterocycles. The van der Waals surface area contributed by atoms with Crippen LogP contribution >= 0.6 is 27.7 Å². The average Bonchev–Trinajstić information content (AvgIpc) is 2.79. The number of esters is 1. The van der Waals surface area contributed by atoms with Crippen molar-refractivity contribution in [3.8, 4) is 5.75 Å².